The molecule has 0 unspecified atom stereocenters. The van der Waals surface area contributed by atoms with E-state index in [2.05, 4.69) is 9.97 Å². The smallest absolute Gasteiger partial charge is 0.262 e. The fourth-order valence-electron chi connectivity index (χ4n) is 4.52. The zero-order chi connectivity index (χ0) is 24.9. The number of fused-ring (bicyclic) bond motifs is 1. The molecule has 0 spiro atoms. The summed E-state index contributed by atoms with van der Waals surface area (Å²) in [5.74, 6) is -2.39. The van der Waals surface area contributed by atoms with Gasteiger partial charge in [0, 0.05) is 47.4 Å². The van der Waals surface area contributed by atoms with E-state index in [1.54, 1.807) is 26.1 Å². The third kappa shape index (κ3) is 4.21. The molecule has 0 N–H and O–H groups in total. The number of aryl methyl sites for hydroxylation is 2. The van der Waals surface area contributed by atoms with Gasteiger partial charge in [-0.25, -0.2) is 23.1 Å². The molecular formula is C26H23ClF2N4O2. The Labute approximate surface area is 205 Å². The van der Waals surface area contributed by atoms with Crippen LogP contribution >= 0.6 is 11.6 Å². The number of nitrogens with zero attached hydrogens (tertiary/aromatic N) is 4. The highest BCUT2D eigenvalue weighted by molar-refractivity contribution is 6.30. The van der Waals surface area contributed by atoms with Crippen molar-refractivity contribution in [2.24, 2.45) is 0 Å². The molecule has 180 valence electrons. The van der Waals surface area contributed by atoms with Gasteiger partial charge in [-0.15, -0.1) is 0 Å². The molecule has 4 heterocycles. The van der Waals surface area contributed by atoms with Gasteiger partial charge in [0.25, 0.3) is 5.56 Å². The molecule has 1 aliphatic rings. The van der Waals surface area contributed by atoms with E-state index in [-0.39, 0.29) is 34.0 Å². The molecule has 0 bridgehead atoms. The van der Waals surface area contributed by atoms with Gasteiger partial charge in [-0.1, -0.05) is 11.6 Å². The van der Waals surface area contributed by atoms with Crippen LogP contribution in [0.1, 0.15) is 53.1 Å². The highest BCUT2D eigenvalue weighted by atomic mass is 35.5. The molecule has 1 saturated heterocycles. The van der Waals surface area contributed by atoms with Crippen molar-refractivity contribution in [3.63, 3.8) is 0 Å². The zero-order valence-corrected chi connectivity index (χ0v) is 20.2. The average molecular weight is 497 g/mol. The summed E-state index contributed by atoms with van der Waals surface area (Å²) in [6.07, 6.45) is 2.93. The van der Waals surface area contributed by atoms with Crippen LogP contribution in [0.2, 0.25) is 5.02 Å². The third-order valence-corrected chi connectivity index (χ3v) is 6.86. The number of hydrogen-bond donors (Lipinski definition) is 0. The van der Waals surface area contributed by atoms with E-state index in [4.69, 9.17) is 21.3 Å². The molecule has 5 rings (SSSR count). The lowest BCUT2D eigenvalue weighted by molar-refractivity contribution is 0.00457. The first-order valence-electron chi connectivity index (χ1n) is 11.3. The summed E-state index contributed by atoms with van der Waals surface area (Å²) >= 11 is 5.77. The normalized spacial score (nSPS) is 18.2. The van der Waals surface area contributed by atoms with Crippen LogP contribution in [0.3, 0.4) is 0 Å². The van der Waals surface area contributed by atoms with Gasteiger partial charge in [-0.05, 0) is 63.4 Å². The third-order valence-electron chi connectivity index (χ3n) is 6.57. The second kappa shape index (κ2) is 9.09. The highest BCUT2D eigenvalue weighted by Crippen LogP contribution is 2.38. The number of benzene rings is 1. The van der Waals surface area contributed by atoms with E-state index < -0.39 is 11.6 Å². The maximum atomic E-state index is 15.0. The van der Waals surface area contributed by atoms with Gasteiger partial charge in [-0.2, -0.15) is 0 Å². The fourth-order valence-corrected chi connectivity index (χ4v) is 4.67. The molecular weight excluding hydrogens is 474 g/mol. The first-order valence-corrected chi connectivity index (χ1v) is 11.7. The number of pyridine rings is 1. The molecule has 9 heteroatoms. The van der Waals surface area contributed by atoms with Crippen molar-refractivity contribution in [1.29, 1.82) is 0 Å². The van der Waals surface area contributed by atoms with Crippen molar-refractivity contribution in [2.75, 3.05) is 6.61 Å². The minimum absolute atomic E-state index is 0.00559. The van der Waals surface area contributed by atoms with Crippen molar-refractivity contribution >= 4 is 17.2 Å². The molecule has 6 nitrogen and oxygen atoms in total. The quantitative estimate of drug-likeness (QED) is 0.343. The van der Waals surface area contributed by atoms with Crippen molar-refractivity contribution in [1.82, 2.24) is 19.4 Å². The lowest BCUT2D eigenvalue weighted by Gasteiger charge is -2.30. The van der Waals surface area contributed by atoms with Crippen LogP contribution in [0, 0.1) is 32.4 Å². The summed E-state index contributed by atoms with van der Waals surface area (Å²) in [5.41, 5.74) is 3.33. The Balaban J connectivity index is 1.68. The largest absolute Gasteiger partial charge is 0.373 e. The predicted octanol–water partition coefficient (Wildman–Crippen LogP) is 5.64. The Hall–Kier alpha value is -3.23. The second-order valence-electron chi connectivity index (χ2n) is 8.86. The molecule has 3 aromatic heterocycles. The Morgan fingerprint density at radius 2 is 1.89 bits per heavy atom. The summed E-state index contributed by atoms with van der Waals surface area (Å²) in [5, 5.41) is -0.343. The lowest BCUT2D eigenvalue weighted by atomic mass is 9.89. The fraction of sp³-hybridized carbons (Fsp3) is 0.308. The van der Waals surface area contributed by atoms with E-state index in [1.165, 1.54) is 16.5 Å². The summed E-state index contributed by atoms with van der Waals surface area (Å²) in [6.45, 7) is 5.83. The summed E-state index contributed by atoms with van der Waals surface area (Å²) in [7, 11) is 0. The molecule has 35 heavy (non-hydrogen) atoms. The number of hydrogen-bond acceptors (Lipinski definition) is 5. The van der Waals surface area contributed by atoms with Gasteiger partial charge in [-0.3, -0.25) is 9.78 Å². The van der Waals surface area contributed by atoms with Crippen molar-refractivity contribution in [3.8, 4) is 11.4 Å². The maximum Gasteiger partial charge on any atom is 0.262 e. The summed E-state index contributed by atoms with van der Waals surface area (Å²) in [4.78, 5) is 26.7. The number of rotatable bonds is 3. The van der Waals surface area contributed by atoms with Gasteiger partial charge in [0.05, 0.1) is 16.7 Å². The van der Waals surface area contributed by atoms with E-state index in [1.807, 2.05) is 19.1 Å². The molecule has 1 fully saturated rings. The van der Waals surface area contributed by atoms with Crippen LogP contribution in [-0.2, 0) is 4.74 Å². The van der Waals surface area contributed by atoms with Crippen LogP contribution in [0.4, 0.5) is 8.78 Å². The first kappa shape index (κ1) is 23.5. The molecule has 4 aromatic rings. The first-order chi connectivity index (χ1) is 16.7. The Morgan fingerprint density at radius 1 is 1.09 bits per heavy atom. The van der Waals surface area contributed by atoms with Crippen LogP contribution < -0.4 is 5.56 Å². The summed E-state index contributed by atoms with van der Waals surface area (Å²) in [6, 6.07) is 8.27. The van der Waals surface area contributed by atoms with Crippen molar-refractivity contribution in [2.45, 2.75) is 45.6 Å². The standard InChI is InChI=1S/C26H23ClF2N4O2/c1-13-10-17(6-8-30-13)21-11-16(7-9-35-21)20-12-22-31-15(3)14(2)26(34)33(22)25(32-20)18-4-5-19(27)24(29)23(18)28/h4-6,8,10,12,16,21H,7,9,11H2,1-3H3/t16-,21+/m0/s1. The number of halogens is 3. The lowest BCUT2D eigenvalue weighted by Crippen LogP contribution is -2.24. The van der Waals surface area contributed by atoms with Crippen LogP contribution in [0.25, 0.3) is 17.0 Å². The number of ether oxygens (including phenoxy) is 1. The van der Waals surface area contributed by atoms with Gasteiger partial charge >= 0.3 is 0 Å². The van der Waals surface area contributed by atoms with E-state index in [0.717, 1.165) is 11.3 Å². The molecule has 2 atom stereocenters. The van der Waals surface area contributed by atoms with E-state index in [9.17, 15) is 9.18 Å². The van der Waals surface area contributed by atoms with Gasteiger partial charge in [0.15, 0.2) is 17.5 Å². The number of aromatic nitrogens is 4. The second-order valence-corrected chi connectivity index (χ2v) is 9.27. The Bertz CT molecular complexity index is 1520. The van der Waals surface area contributed by atoms with Crippen LogP contribution in [0.15, 0.2) is 41.3 Å². The molecule has 0 radical (unpaired) electrons. The molecule has 1 aliphatic heterocycles. The van der Waals surface area contributed by atoms with E-state index in [0.29, 0.717) is 42.0 Å². The highest BCUT2D eigenvalue weighted by Gasteiger charge is 2.28. The predicted molar refractivity (Wildman–Crippen MR) is 129 cm³/mol. The Kier molecular flexibility index (Phi) is 6.11. The maximum absolute atomic E-state index is 15.0. The summed E-state index contributed by atoms with van der Waals surface area (Å²) < 4.78 is 36.7. The molecule has 0 saturated carbocycles. The minimum atomic E-state index is -1.19. The van der Waals surface area contributed by atoms with Crippen molar-refractivity contribution in [3.05, 3.63) is 91.7 Å². The van der Waals surface area contributed by atoms with Gasteiger partial charge in [0.1, 0.15) is 5.65 Å². The average Bonchev–Trinajstić information content (AvgIpc) is 2.85. The molecule has 0 aliphatic carbocycles. The van der Waals surface area contributed by atoms with Crippen LogP contribution in [0.5, 0.6) is 0 Å². The molecule has 1 aromatic carbocycles. The minimum Gasteiger partial charge on any atom is -0.373 e. The van der Waals surface area contributed by atoms with Gasteiger partial charge < -0.3 is 4.74 Å². The molecule has 0 amide bonds. The monoisotopic (exact) mass is 496 g/mol. The SMILES string of the molecule is Cc1cc([C@H]2C[C@@H](c3cc4nc(C)c(C)c(=O)n4c(-c4ccc(Cl)c(F)c4F)n3)CCO2)ccn1. The van der Waals surface area contributed by atoms with Crippen molar-refractivity contribution < 1.29 is 13.5 Å². The van der Waals surface area contributed by atoms with Gasteiger partial charge in [0.2, 0.25) is 0 Å². The Morgan fingerprint density at radius 3 is 2.66 bits per heavy atom. The zero-order valence-electron chi connectivity index (χ0n) is 19.5. The topological polar surface area (TPSA) is 69.4 Å². The van der Waals surface area contributed by atoms with E-state index >= 15 is 4.39 Å². The van der Waals surface area contributed by atoms with Crippen LogP contribution in [-0.4, -0.2) is 26.0 Å².